The number of benzene rings is 2. The van der Waals surface area contributed by atoms with Gasteiger partial charge in [-0.2, -0.15) is 0 Å². The molecule has 4 nitrogen and oxygen atoms in total. The van der Waals surface area contributed by atoms with Crippen molar-refractivity contribution in [2.45, 2.75) is 53.4 Å². The summed E-state index contributed by atoms with van der Waals surface area (Å²) in [6.07, 6.45) is 4.05. The average Bonchev–Trinajstić information content (AvgIpc) is 3.05. The molecule has 30 heavy (non-hydrogen) atoms. The maximum Gasteiger partial charge on any atom is 0.194 e. The Morgan fingerprint density at radius 1 is 0.833 bits per heavy atom. The summed E-state index contributed by atoms with van der Waals surface area (Å²) in [6, 6.07) is 9.96. The number of ether oxygens (including phenoxy) is 2. The molecule has 0 saturated heterocycles. The van der Waals surface area contributed by atoms with Gasteiger partial charge >= 0.3 is 0 Å². The highest BCUT2D eigenvalue weighted by molar-refractivity contribution is 6.23. The van der Waals surface area contributed by atoms with E-state index in [4.69, 9.17) is 9.47 Å². The Morgan fingerprint density at radius 3 is 2.27 bits per heavy atom. The van der Waals surface area contributed by atoms with Crippen molar-refractivity contribution in [3.8, 4) is 22.6 Å². The van der Waals surface area contributed by atoms with Crippen LogP contribution < -0.4 is 9.47 Å². The lowest BCUT2D eigenvalue weighted by molar-refractivity contribution is 0.104. The maximum absolute atomic E-state index is 13.2. The summed E-state index contributed by atoms with van der Waals surface area (Å²) in [7, 11) is 0. The minimum Gasteiger partial charge on any atom is -0.493 e. The molecule has 0 bridgehead atoms. The summed E-state index contributed by atoms with van der Waals surface area (Å²) < 4.78 is 12.4. The van der Waals surface area contributed by atoms with Crippen molar-refractivity contribution in [2.75, 3.05) is 32.8 Å². The molecular weight excluding hydrogens is 374 g/mol. The third kappa shape index (κ3) is 4.70. The monoisotopic (exact) mass is 409 g/mol. The Bertz CT molecular complexity index is 871. The zero-order valence-corrected chi connectivity index (χ0v) is 18.9. The molecule has 1 aliphatic carbocycles. The number of likely N-dealkylation sites (N-methyl/N-ethyl adjacent to an activating group) is 1. The van der Waals surface area contributed by atoms with Crippen molar-refractivity contribution in [3.05, 3.63) is 47.0 Å². The molecule has 2 aromatic carbocycles. The van der Waals surface area contributed by atoms with Crippen LogP contribution in [0.3, 0.4) is 0 Å². The van der Waals surface area contributed by atoms with E-state index in [2.05, 4.69) is 38.7 Å². The molecule has 162 valence electrons. The Labute approximate surface area is 181 Å². The van der Waals surface area contributed by atoms with Crippen molar-refractivity contribution in [1.29, 1.82) is 0 Å². The quantitative estimate of drug-likeness (QED) is 0.357. The molecule has 0 aromatic heterocycles. The Hall–Kier alpha value is -2.33. The van der Waals surface area contributed by atoms with Gasteiger partial charge in [0, 0.05) is 28.8 Å². The fourth-order valence-electron chi connectivity index (χ4n) is 4.05. The van der Waals surface area contributed by atoms with Gasteiger partial charge in [-0.1, -0.05) is 52.7 Å². The van der Waals surface area contributed by atoms with Crippen LogP contribution >= 0.6 is 0 Å². The molecule has 0 saturated carbocycles. The highest BCUT2D eigenvalue weighted by Gasteiger charge is 2.33. The number of carbonyl (C=O) groups excluding carboxylic acids is 1. The number of carbonyl (C=O) groups is 1. The second-order valence-electron chi connectivity index (χ2n) is 7.85. The van der Waals surface area contributed by atoms with E-state index in [9.17, 15) is 4.79 Å². The van der Waals surface area contributed by atoms with Gasteiger partial charge in [-0.05, 0) is 49.7 Å². The van der Waals surface area contributed by atoms with Gasteiger partial charge in [0.25, 0.3) is 0 Å². The molecule has 0 heterocycles. The lowest BCUT2D eigenvalue weighted by Crippen LogP contribution is -2.28. The zero-order chi connectivity index (χ0) is 21.5. The summed E-state index contributed by atoms with van der Waals surface area (Å²) in [5.74, 6) is 1.67. The number of unbranched alkanes of at least 4 members (excludes halogenated alkanes) is 1. The molecule has 1 aliphatic rings. The van der Waals surface area contributed by atoms with Gasteiger partial charge in [-0.15, -0.1) is 0 Å². The minimum atomic E-state index is 0.0764. The molecule has 0 fully saturated rings. The lowest BCUT2D eigenvalue weighted by atomic mass is 9.99. The van der Waals surface area contributed by atoms with E-state index in [1.165, 1.54) is 0 Å². The fraction of sp³-hybridized carbons (Fsp3) is 0.500. The lowest BCUT2D eigenvalue weighted by Gasteiger charge is -2.19. The average molecular weight is 410 g/mol. The smallest absolute Gasteiger partial charge is 0.194 e. The molecule has 4 heteroatoms. The van der Waals surface area contributed by atoms with Gasteiger partial charge in [0.2, 0.25) is 0 Å². The third-order valence-electron chi connectivity index (χ3n) is 5.78. The SMILES string of the molecule is CCCCOc1cc(CCC)cc2c1-c1c(OCCN(CC)CC)cccc1C2=O. The van der Waals surface area contributed by atoms with Crippen LogP contribution in [0, 0.1) is 0 Å². The van der Waals surface area contributed by atoms with Crippen molar-refractivity contribution in [1.82, 2.24) is 4.90 Å². The highest BCUT2D eigenvalue weighted by atomic mass is 16.5. The molecule has 2 aromatic rings. The molecule has 0 spiro atoms. The fourth-order valence-corrected chi connectivity index (χ4v) is 4.05. The summed E-state index contributed by atoms with van der Waals surface area (Å²) in [6.45, 7) is 12.8. The second-order valence-corrected chi connectivity index (χ2v) is 7.85. The van der Waals surface area contributed by atoms with Crippen LogP contribution in [0.2, 0.25) is 0 Å². The minimum absolute atomic E-state index is 0.0764. The summed E-state index contributed by atoms with van der Waals surface area (Å²) in [5, 5.41) is 0. The largest absolute Gasteiger partial charge is 0.493 e. The van der Waals surface area contributed by atoms with Crippen molar-refractivity contribution < 1.29 is 14.3 Å². The molecule has 3 rings (SSSR count). The van der Waals surface area contributed by atoms with Gasteiger partial charge < -0.3 is 14.4 Å². The van der Waals surface area contributed by atoms with Crippen molar-refractivity contribution in [2.24, 2.45) is 0 Å². The van der Waals surface area contributed by atoms with Crippen molar-refractivity contribution in [3.63, 3.8) is 0 Å². The predicted molar refractivity (Wildman–Crippen MR) is 123 cm³/mol. The topological polar surface area (TPSA) is 38.8 Å². The molecule has 0 atom stereocenters. The van der Waals surface area contributed by atoms with E-state index in [1.54, 1.807) is 0 Å². The summed E-state index contributed by atoms with van der Waals surface area (Å²) in [5.41, 5.74) is 4.44. The Balaban J connectivity index is 1.98. The van der Waals surface area contributed by atoms with Crippen LogP contribution in [0.1, 0.15) is 68.4 Å². The van der Waals surface area contributed by atoms with E-state index < -0.39 is 0 Å². The van der Waals surface area contributed by atoms with Crippen LogP contribution in [-0.4, -0.2) is 43.5 Å². The number of nitrogens with zero attached hydrogens (tertiary/aromatic N) is 1. The van der Waals surface area contributed by atoms with Crippen LogP contribution in [-0.2, 0) is 6.42 Å². The maximum atomic E-state index is 13.2. The van der Waals surface area contributed by atoms with E-state index in [-0.39, 0.29) is 5.78 Å². The van der Waals surface area contributed by atoms with Crippen LogP contribution in [0.5, 0.6) is 11.5 Å². The first kappa shape index (κ1) is 22.4. The molecule has 0 unspecified atom stereocenters. The van der Waals surface area contributed by atoms with Crippen LogP contribution in [0.15, 0.2) is 30.3 Å². The number of fused-ring (bicyclic) bond motifs is 3. The first-order chi connectivity index (χ1) is 14.6. The van der Waals surface area contributed by atoms with Gasteiger partial charge in [0.05, 0.1) is 6.61 Å². The normalized spacial score (nSPS) is 12.2. The molecule has 0 aliphatic heterocycles. The van der Waals surface area contributed by atoms with E-state index in [1.807, 2.05) is 24.3 Å². The van der Waals surface area contributed by atoms with E-state index in [0.717, 1.165) is 84.6 Å². The molecule has 0 amide bonds. The molecule has 0 radical (unpaired) electrons. The van der Waals surface area contributed by atoms with Gasteiger partial charge in [-0.25, -0.2) is 0 Å². The summed E-state index contributed by atoms with van der Waals surface area (Å²) in [4.78, 5) is 15.6. The first-order valence-electron chi connectivity index (χ1n) is 11.5. The number of rotatable bonds is 12. The number of hydrogen-bond donors (Lipinski definition) is 0. The third-order valence-corrected chi connectivity index (χ3v) is 5.78. The highest BCUT2D eigenvalue weighted by Crippen LogP contribution is 2.48. The molecular formula is C26H35NO3. The van der Waals surface area contributed by atoms with Gasteiger partial charge in [-0.3, -0.25) is 4.79 Å². The summed E-state index contributed by atoms with van der Waals surface area (Å²) >= 11 is 0. The number of ketones is 1. The molecule has 0 N–H and O–H groups in total. The zero-order valence-electron chi connectivity index (χ0n) is 18.9. The van der Waals surface area contributed by atoms with Gasteiger partial charge in [0.15, 0.2) is 5.78 Å². The Morgan fingerprint density at radius 2 is 1.57 bits per heavy atom. The van der Waals surface area contributed by atoms with Crippen LogP contribution in [0.4, 0.5) is 0 Å². The van der Waals surface area contributed by atoms with Gasteiger partial charge in [0.1, 0.15) is 18.1 Å². The second kappa shape index (κ2) is 10.6. The number of hydrogen-bond acceptors (Lipinski definition) is 4. The van der Waals surface area contributed by atoms with E-state index >= 15 is 0 Å². The Kier molecular flexibility index (Phi) is 7.92. The van der Waals surface area contributed by atoms with E-state index in [0.29, 0.717) is 13.2 Å². The standard InChI is InChI=1S/C26H35NO3/c1-5-9-15-29-23-18-19(11-6-2)17-21-25(23)24-20(26(21)28)12-10-13-22(24)30-16-14-27(7-3)8-4/h10,12-13,17-18H,5-9,11,14-16H2,1-4H3. The van der Waals surface area contributed by atoms with Crippen LogP contribution in [0.25, 0.3) is 11.1 Å². The first-order valence-corrected chi connectivity index (χ1v) is 11.5. The predicted octanol–water partition coefficient (Wildman–Crippen LogP) is 5.75. The van der Waals surface area contributed by atoms with Crippen molar-refractivity contribution >= 4 is 5.78 Å². The number of aryl methyl sites for hydroxylation is 1.